The molecule has 3 rings (SSSR count). The lowest BCUT2D eigenvalue weighted by Crippen LogP contribution is -2.44. The van der Waals surface area contributed by atoms with Crippen molar-refractivity contribution in [1.29, 1.82) is 5.26 Å². The number of nitrogens with zero attached hydrogens (tertiary/aromatic N) is 2. The number of rotatable bonds is 9. The van der Waals surface area contributed by atoms with Gasteiger partial charge in [0.05, 0.1) is 12.2 Å². The van der Waals surface area contributed by atoms with E-state index in [0.717, 1.165) is 25.9 Å². The van der Waals surface area contributed by atoms with Gasteiger partial charge in [0, 0.05) is 12.1 Å². The van der Waals surface area contributed by atoms with E-state index in [4.69, 9.17) is 15.1 Å². The zero-order valence-electron chi connectivity index (χ0n) is 19.1. The number of carboxylic acids is 1. The number of benzene rings is 2. The van der Waals surface area contributed by atoms with E-state index in [1.807, 2.05) is 13.8 Å². The van der Waals surface area contributed by atoms with Crippen LogP contribution < -0.4 is 4.74 Å². The molecule has 7 heteroatoms. The highest BCUT2D eigenvalue weighted by molar-refractivity contribution is 5.91. The third kappa shape index (κ3) is 5.88. The summed E-state index contributed by atoms with van der Waals surface area (Å²) in [6, 6.07) is 11.1. The lowest BCUT2D eigenvalue weighted by Gasteiger charge is -2.36. The van der Waals surface area contributed by atoms with Crippen molar-refractivity contribution in [3.05, 3.63) is 53.3 Å². The van der Waals surface area contributed by atoms with Crippen LogP contribution in [-0.4, -0.2) is 47.9 Å². The maximum Gasteiger partial charge on any atom is 0.337 e. The summed E-state index contributed by atoms with van der Waals surface area (Å²) in [6.07, 6.45) is 2.99. The second kappa shape index (κ2) is 10.8. The number of halogens is 2. The number of carbonyl (C=O) groups is 1. The topological polar surface area (TPSA) is 73.6 Å². The number of hydrogen-bond donors (Lipinski definition) is 1. The molecule has 0 bridgehead atoms. The van der Waals surface area contributed by atoms with Gasteiger partial charge in [-0.05, 0) is 68.5 Å². The van der Waals surface area contributed by atoms with Crippen LogP contribution in [0, 0.1) is 23.1 Å². The van der Waals surface area contributed by atoms with Crippen LogP contribution in [0.3, 0.4) is 0 Å². The molecule has 1 heterocycles. The van der Waals surface area contributed by atoms with Crippen molar-refractivity contribution in [2.24, 2.45) is 5.92 Å². The molecule has 1 aliphatic heterocycles. The summed E-state index contributed by atoms with van der Waals surface area (Å²) in [5.74, 6) is -1.13. The Balaban J connectivity index is 1.56. The Morgan fingerprint density at radius 2 is 1.82 bits per heavy atom. The number of alkyl halides is 1. The fourth-order valence-electron chi connectivity index (χ4n) is 4.22. The Morgan fingerprint density at radius 3 is 2.36 bits per heavy atom. The summed E-state index contributed by atoms with van der Waals surface area (Å²) in [7, 11) is 0. The molecule has 33 heavy (non-hydrogen) atoms. The Morgan fingerprint density at radius 1 is 1.18 bits per heavy atom. The van der Waals surface area contributed by atoms with E-state index >= 15 is 0 Å². The summed E-state index contributed by atoms with van der Waals surface area (Å²) < 4.78 is 35.3. The Bertz CT molecular complexity index is 1010. The molecular formula is C26H30F2N2O3. The van der Waals surface area contributed by atoms with Crippen molar-refractivity contribution in [1.82, 2.24) is 4.90 Å². The first-order valence-electron chi connectivity index (χ1n) is 11.4. The first-order valence-corrected chi connectivity index (χ1v) is 11.4. The van der Waals surface area contributed by atoms with E-state index < -0.39 is 23.0 Å². The van der Waals surface area contributed by atoms with Gasteiger partial charge in [-0.2, -0.15) is 5.26 Å². The number of piperidine rings is 1. The monoisotopic (exact) mass is 456 g/mol. The number of ether oxygens (including phenoxy) is 1. The Kier molecular flexibility index (Phi) is 8.04. The molecule has 0 atom stereocenters. The Labute approximate surface area is 193 Å². The molecule has 1 saturated heterocycles. The summed E-state index contributed by atoms with van der Waals surface area (Å²) in [5.41, 5.74) is -1.24. The number of likely N-dealkylation sites (tertiary alicyclic amines) is 1. The maximum atomic E-state index is 14.7. The molecular weight excluding hydrogens is 426 g/mol. The first kappa shape index (κ1) is 24.7. The predicted octanol–water partition coefficient (Wildman–Crippen LogP) is 5.68. The van der Waals surface area contributed by atoms with Crippen LogP contribution in [0.4, 0.5) is 8.78 Å². The van der Waals surface area contributed by atoms with Crippen LogP contribution in [0.1, 0.15) is 55.5 Å². The largest absolute Gasteiger partial charge is 0.493 e. The SMILES string of the molecule is CCC(F)(CC)CN1CCC(COc2ccc(-c3ccc(C(=O)O)c(C#N)c3F)cc2)CC1. The zero-order chi connectivity index (χ0) is 24.0. The van der Waals surface area contributed by atoms with Gasteiger partial charge in [-0.3, -0.25) is 0 Å². The minimum absolute atomic E-state index is 0.165. The van der Waals surface area contributed by atoms with Crippen molar-refractivity contribution in [2.75, 3.05) is 26.2 Å². The van der Waals surface area contributed by atoms with Gasteiger partial charge in [-0.25, -0.2) is 13.6 Å². The van der Waals surface area contributed by atoms with Crippen LogP contribution in [0.2, 0.25) is 0 Å². The quantitative estimate of drug-likeness (QED) is 0.525. The van der Waals surface area contributed by atoms with E-state index in [9.17, 15) is 13.6 Å². The van der Waals surface area contributed by atoms with Crippen LogP contribution in [0.15, 0.2) is 36.4 Å². The molecule has 2 aromatic rings. The third-order valence-corrected chi connectivity index (χ3v) is 6.62. The fraction of sp³-hybridized carbons (Fsp3) is 0.462. The number of carboxylic acid groups (broad SMARTS) is 1. The first-order chi connectivity index (χ1) is 15.8. The summed E-state index contributed by atoms with van der Waals surface area (Å²) in [6.45, 7) is 6.59. The standard InChI is InChI=1S/C26H30F2N2O3/c1-3-26(28,4-2)17-30-13-11-18(12-14-30)16-33-20-7-5-19(6-8-20)21-9-10-22(25(31)32)23(15-29)24(21)27/h5-10,18H,3-4,11-14,16-17H2,1-2H3,(H,31,32). The number of aromatic carboxylic acids is 1. The second-order valence-corrected chi connectivity index (χ2v) is 8.68. The lowest BCUT2D eigenvalue weighted by atomic mass is 9.94. The summed E-state index contributed by atoms with van der Waals surface area (Å²) in [4.78, 5) is 13.4. The van der Waals surface area contributed by atoms with Crippen molar-refractivity contribution in [2.45, 2.75) is 45.2 Å². The fourth-order valence-corrected chi connectivity index (χ4v) is 4.22. The number of nitriles is 1. The van der Waals surface area contributed by atoms with Gasteiger partial charge in [-0.15, -0.1) is 0 Å². The van der Waals surface area contributed by atoms with Gasteiger partial charge in [0.25, 0.3) is 0 Å². The summed E-state index contributed by atoms with van der Waals surface area (Å²) in [5, 5.41) is 18.3. The summed E-state index contributed by atoms with van der Waals surface area (Å²) >= 11 is 0. The van der Waals surface area contributed by atoms with E-state index in [0.29, 0.717) is 43.2 Å². The molecule has 0 aliphatic carbocycles. The molecule has 0 radical (unpaired) electrons. The molecule has 1 N–H and O–H groups in total. The highest BCUT2D eigenvalue weighted by atomic mass is 19.1. The lowest BCUT2D eigenvalue weighted by molar-refractivity contribution is 0.0568. The second-order valence-electron chi connectivity index (χ2n) is 8.68. The van der Waals surface area contributed by atoms with Gasteiger partial charge in [0.2, 0.25) is 0 Å². The molecule has 176 valence electrons. The predicted molar refractivity (Wildman–Crippen MR) is 123 cm³/mol. The smallest absolute Gasteiger partial charge is 0.337 e. The van der Waals surface area contributed by atoms with Crippen LogP contribution in [0.5, 0.6) is 5.75 Å². The van der Waals surface area contributed by atoms with Gasteiger partial charge in [-0.1, -0.05) is 32.0 Å². The average molecular weight is 457 g/mol. The van der Waals surface area contributed by atoms with Crippen LogP contribution in [-0.2, 0) is 0 Å². The van der Waals surface area contributed by atoms with Gasteiger partial charge >= 0.3 is 5.97 Å². The highest BCUT2D eigenvalue weighted by Gasteiger charge is 2.30. The molecule has 2 aromatic carbocycles. The van der Waals surface area contributed by atoms with Gasteiger partial charge < -0.3 is 14.7 Å². The van der Waals surface area contributed by atoms with E-state index in [1.54, 1.807) is 30.3 Å². The minimum atomic E-state index is -1.34. The highest BCUT2D eigenvalue weighted by Crippen LogP contribution is 2.29. The average Bonchev–Trinajstić information content (AvgIpc) is 2.83. The normalized spacial score (nSPS) is 15.2. The molecule has 0 saturated carbocycles. The van der Waals surface area contributed by atoms with Crippen molar-refractivity contribution >= 4 is 5.97 Å². The van der Waals surface area contributed by atoms with Crippen LogP contribution in [0.25, 0.3) is 11.1 Å². The molecule has 0 spiro atoms. The molecule has 1 aliphatic rings. The minimum Gasteiger partial charge on any atom is -0.493 e. The van der Waals surface area contributed by atoms with Gasteiger partial charge in [0.1, 0.15) is 28.9 Å². The molecule has 1 fully saturated rings. The third-order valence-electron chi connectivity index (χ3n) is 6.62. The zero-order valence-corrected chi connectivity index (χ0v) is 19.1. The van der Waals surface area contributed by atoms with Crippen molar-refractivity contribution in [3.63, 3.8) is 0 Å². The van der Waals surface area contributed by atoms with E-state index in [2.05, 4.69) is 4.90 Å². The number of hydrogen-bond acceptors (Lipinski definition) is 4. The van der Waals surface area contributed by atoms with Crippen molar-refractivity contribution < 1.29 is 23.4 Å². The molecule has 0 unspecified atom stereocenters. The Hall–Kier alpha value is -2.98. The van der Waals surface area contributed by atoms with Gasteiger partial charge in [0.15, 0.2) is 0 Å². The van der Waals surface area contributed by atoms with Crippen molar-refractivity contribution in [3.8, 4) is 22.9 Å². The maximum absolute atomic E-state index is 14.7. The van der Waals surface area contributed by atoms with E-state index in [1.165, 1.54) is 12.1 Å². The molecule has 5 nitrogen and oxygen atoms in total. The van der Waals surface area contributed by atoms with E-state index in [-0.39, 0.29) is 11.1 Å². The molecule has 0 aromatic heterocycles. The van der Waals surface area contributed by atoms with Crippen LogP contribution >= 0.6 is 0 Å². The molecule has 0 amide bonds.